The van der Waals surface area contributed by atoms with Crippen LogP contribution in [0, 0.1) is 0 Å². The number of halogens is 2. The first kappa shape index (κ1) is 15.3. The van der Waals surface area contributed by atoms with Gasteiger partial charge in [0.1, 0.15) is 0 Å². The van der Waals surface area contributed by atoms with Gasteiger partial charge in [-0.05, 0) is 62.6 Å². The van der Waals surface area contributed by atoms with Gasteiger partial charge in [0.15, 0.2) is 5.78 Å². The van der Waals surface area contributed by atoms with Crippen molar-refractivity contribution in [3.05, 3.63) is 50.9 Å². The molecule has 0 fully saturated rings. The Morgan fingerprint density at radius 2 is 1.65 bits per heavy atom. The highest BCUT2D eigenvalue weighted by Gasteiger charge is 2.24. The van der Waals surface area contributed by atoms with Crippen LogP contribution < -0.4 is 0 Å². The van der Waals surface area contributed by atoms with Crippen molar-refractivity contribution in [3.8, 4) is 0 Å². The molecule has 0 atom stereocenters. The monoisotopic (exact) mass is 417 g/mol. The van der Waals surface area contributed by atoms with Gasteiger partial charge in [0.05, 0.1) is 19.6 Å². The molecule has 1 aromatic rings. The Labute approximate surface area is 133 Å². The lowest BCUT2D eigenvalue weighted by atomic mass is 10.1. The second kappa shape index (κ2) is 5.75. The first-order valence-corrected chi connectivity index (χ1v) is 8.54. The van der Waals surface area contributed by atoms with Crippen molar-refractivity contribution in [2.45, 2.75) is 11.8 Å². The van der Waals surface area contributed by atoms with Gasteiger partial charge in [-0.2, -0.15) is 12.8 Å². The predicted octanol–water partition coefficient (Wildman–Crippen LogP) is 3.35. The Kier molecular flexibility index (Phi) is 4.41. The summed E-state index contributed by atoms with van der Waals surface area (Å²) in [4.78, 5) is 11.8. The fourth-order valence-electron chi connectivity index (χ4n) is 1.56. The van der Waals surface area contributed by atoms with E-state index in [0.29, 0.717) is 10.1 Å². The molecule has 0 spiro atoms. The van der Waals surface area contributed by atoms with E-state index in [1.165, 1.54) is 18.2 Å². The maximum absolute atomic E-state index is 12.2. The van der Waals surface area contributed by atoms with Gasteiger partial charge in [-0.3, -0.25) is 4.79 Å². The van der Waals surface area contributed by atoms with Crippen LogP contribution >= 0.6 is 31.9 Å². The molecule has 0 amide bonds. The molecule has 4 nitrogen and oxygen atoms in total. The van der Waals surface area contributed by atoms with E-state index >= 15 is 0 Å². The normalized spacial score (nSPS) is 18.4. The van der Waals surface area contributed by atoms with Gasteiger partial charge in [0, 0.05) is 0 Å². The van der Waals surface area contributed by atoms with Gasteiger partial charge >= 0.3 is 0 Å². The number of hydrogen-bond donors (Lipinski definition) is 0. The summed E-state index contributed by atoms with van der Waals surface area (Å²) in [6, 6.07) is 7.91. The van der Waals surface area contributed by atoms with E-state index < -0.39 is 10.0 Å². The molecule has 104 valence electrons. The van der Waals surface area contributed by atoms with Crippen molar-refractivity contribution in [3.63, 3.8) is 0 Å². The van der Waals surface area contributed by atoms with E-state index in [-0.39, 0.29) is 20.9 Å². The lowest BCUT2D eigenvalue weighted by Crippen LogP contribution is -2.14. The molecule has 0 saturated heterocycles. The van der Waals surface area contributed by atoms with Gasteiger partial charge in [-0.25, -0.2) is 0 Å². The summed E-state index contributed by atoms with van der Waals surface area (Å²) in [6.45, 7) is 1.60. The van der Waals surface area contributed by atoms with Gasteiger partial charge in [-0.15, -0.1) is 0 Å². The highest BCUT2D eigenvalue weighted by Crippen LogP contribution is 2.29. The van der Waals surface area contributed by atoms with Crippen molar-refractivity contribution in [2.24, 2.45) is 4.40 Å². The molecule has 0 heterocycles. The van der Waals surface area contributed by atoms with Crippen molar-refractivity contribution in [1.29, 1.82) is 0 Å². The van der Waals surface area contributed by atoms with E-state index in [0.717, 1.165) is 0 Å². The van der Waals surface area contributed by atoms with E-state index in [4.69, 9.17) is 0 Å². The van der Waals surface area contributed by atoms with Crippen molar-refractivity contribution >= 4 is 53.4 Å². The van der Waals surface area contributed by atoms with E-state index in [9.17, 15) is 13.2 Å². The van der Waals surface area contributed by atoms with E-state index in [1.807, 2.05) is 0 Å². The van der Waals surface area contributed by atoms with Gasteiger partial charge in [-0.1, -0.05) is 18.2 Å². The predicted molar refractivity (Wildman–Crippen MR) is 84.7 cm³/mol. The number of Topliss-reactive ketones (excluding diaryl/α,β-unsaturated/α-hetero) is 1. The molecule has 0 aliphatic heterocycles. The fourth-order valence-corrected chi connectivity index (χ4v) is 3.59. The average Bonchev–Trinajstić information content (AvgIpc) is 2.43. The van der Waals surface area contributed by atoms with Gasteiger partial charge in [0.25, 0.3) is 10.0 Å². The molecule has 0 bridgehead atoms. The minimum Gasteiger partial charge on any atom is -0.288 e. The molecule has 7 heteroatoms. The van der Waals surface area contributed by atoms with Crippen LogP contribution in [-0.2, 0) is 14.8 Å². The Hall–Kier alpha value is -1.05. The van der Waals surface area contributed by atoms with Crippen LogP contribution in [0.3, 0.4) is 0 Å². The van der Waals surface area contributed by atoms with Crippen LogP contribution in [0.25, 0.3) is 0 Å². The summed E-state index contributed by atoms with van der Waals surface area (Å²) < 4.78 is 28.7. The van der Waals surface area contributed by atoms with Crippen LogP contribution in [0.2, 0.25) is 0 Å². The van der Waals surface area contributed by atoms with Crippen molar-refractivity contribution in [1.82, 2.24) is 0 Å². The zero-order valence-corrected chi connectivity index (χ0v) is 14.3. The molecular formula is C13H9Br2NO3S. The molecule has 0 saturated carbocycles. The van der Waals surface area contributed by atoms with Crippen molar-refractivity contribution < 1.29 is 13.2 Å². The molecule has 0 unspecified atom stereocenters. The Balaban J connectivity index is 2.54. The van der Waals surface area contributed by atoms with Crippen LogP contribution in [-0.4, -0.2) is 19.9 Å². The minimum absolute atomic E-state index is 0.104. The summed E-state index contributed by atoms with van der Waals surface area (Å²) in [7, 11) is -3.81. The van der Waals surface area contributed by atoms with E-state index in [1.54, 1.807) is 25.1 Å². The van der Waals surface area contributed by atoms with Crippen molar-refractivity contribution in [2.75, 3.05) is 0 Å². The summed E-state index contributed by atoms with van der Waals surface area (Å²) >= 11 is 6.32. The molecule has 1 aliphatic carbocycles. The van der Waals surface area contributed by atoms with E-state index in [2.05, 4.69) is 36.3 Å². The summed E-state index contributed by atoms with van der Waals surface area (Å²) in [6.07, 6.45) is 1.44. The average molecular weight is 419 g/mol. The first-order valence-electron chi connectivity index (χ1n) is 5.51. The molecular weight excluding hydrogens is 410 g/mol. The van der Waals surface area contributed by atoms with Gasteiger partial charge < -0.3 is 0 Å². The largest absolute Gasteiger partial charge is 0.288 e. The molecule has 0 radical (unpaired) electrons. The van der Waals surface area contributed by atoms with Crippen LogP contribution in [0.4, 0.5) is 0 Å². The number of allylic oxidation sites excluding steroid dienone is 4. The highest BCUT2D eigenvalue weighted by atomic mass is 79.9. The van der Waals surface area contributed by atoms with Crippen LogP contribution in [0.1, 0.15) is 6.92 Å². The lowest BCUT2D eigenvalue weighted by molar-refractivity contribution is -0.111. The van der Waals surface area contributed by atoms with Crippen LogP contribution in [0.5, 0.6) is 0 Å². The number of benzene rings is 1. The molecule has 20 heavy (non-hydrogen) atoms. The number of hydrogen-bond acceptors (Lipinski definition) is 3. The summed E-state index contributed by atoms with van der Waals surface area (Å²) in [5.41, 5.74) is 0.611. The van der Waals surface area contributed by atoms with Gasteiger partial charge in [0.2, 0.25) is 0 Å². The Morgan fingerprint density at radius 1 is 1.05 bits per heavy atom. The number of carbonyl (C=O) groups is 1. The third kappa shape index (κ3) is 2.99. The van der Waals surface area contributed by atoms with Crippen LogP contribution in [0.15, 0.2) is 60.2 Å². The number of carbonyl (C=O) groups excluding carboxylic acids is 1. The number of rotatable bonds is 2. The summed E-state index contributed by atoms with van der Waals surface area (Å²) in [5, 5.41) is 0. The maximum Gasteiger partial charge on any atom is 0.282 e. The topological polar surface area (TPSA) is 63.6 Å². The fraction of sp³-hybridized carbons (Fsp3) is 0.0769. The Bertz CT molecular complexity index is 762. The molecule has 1 aromatic carbocycles. The quantitative estimate of drug-likeness (QED) is 0.691. The molecule has 1 aliphatic rings. The number of sulfonamides is 1. The smallest absolute Gasteiger partial charge is 0.282 e. The zero-order chi connectivity index (χ0) is 14.9. The minimum atomic E-state index is -3.81. The third-order valence-electron chi connectivity index (χ3n) is 2.59. The summed E-state index contributed by atoms with van der Waals surface area (Å²) in [5.74, 6) is -0.201. The zero-order valence-electron chi connectivity index (χ0n) is 10.3. The highest BCUT2D eigenvalue weighted by molar-refractivity contribution is 9.14. The molecule has 0 N–H and O–H groups in total. The molecule has 2 rings (SSSR count). The maximum atomic E-state index is 12.2. The standard InChI is InChI=1S/C13H9Br2NO3S/c1-8-7-10(11(14)12(15)13(8)17)16-20(18,19)9-5-3-2-4-6-9/h2-7H,1H3. The SMILES string of the molecule is CC1=CC(=NS(=O)(=O)c2ccccc2)C(Br)=C(Br)C1=O. The number of ketones is 1. The second-order valence-electron chi connectivity index (χ2n) is 4.05. The second-order valence-corrected chi connectivity index (χ2v) is 7.24. The Morgan fingerprint density at radius 3 is 2.25 bits per heavy atom. The lowest BCUT2D eigenvalue weighted by Gasteiger charge is -2.11. The number of nitrogens with zero attached hydrogens (tertiary/aromatic N) is 1. The molecule has 0 aromatic heterocycles. The third-order valence-corrected chi connectivity index (χ3v) is 5.98. The first-order chi connectivity index (χ1) is 9.33.